The number of hydrogen-bond donors (Lipinski definition) is 3. The van der Waals surface area contributed by atoms with E-state index in [2.05, 4.69) is 0 Å². The molecule has 0 aliphatic heterocycles. The van der Waals surface area contributed by atoms with Crippen LogP contribution in [0, 0.1) is 11.3 Å². The maximum atomic E-state index is 10.4. The molecule has 0 aliphatic carbocycles. The lowest BCUT2D eigenvalue weighted by Crippen LogP contribution is -2.22. The lowest BCUT2D eigenvalue weighted by molar-refractivity contribution is -0.141. The number of carbonyl (C=O) groups is 1. The van der Waals surface area contributed by atoms with Gasteiger partial charge in [-0.2, -0.15) is 5.26 Å². The molecule has 1 aromatic carbocycles. The number of aliphatic carboxylic acids is 1. The van der Waals surface area contributed by atoms with Crippen molar-refractivity contribution >= 4 is 17.6 Å². The first kappa shape index (κ1) is 13.5. The molecule has 0 heterocycles. The van der Waals surface area contributed by atoms with Crippen molar-refractivity contribution < 1.29 is 20.1 Å². The van der Waals surface area contributed by atoms with E-state index in [1.54, 1.807) is 0 Å². The number of hydrogen-bond acceptors (Lipinski definition) is 4. The highest BCUT2D eigenvalue weighted by Gasteiger charge is 2.23. The van der Waals surface area contributed by atoms with Crippen molar-refractivity contribution in [1.29, 1.82) is 5.26 Å². The number of carboxylic acid groups (broad SMARTS) is 1. The van der Waals surface area contributed by atoms with Crippen LogP contribution in [0.2, 0.25) is 5.02 Å². The molecule has 90 valence electrons. The van der Waals surface area contributed by atoms with Crippen LogP contribution in [0.1, 0.15) is 23.7 Å². The molecular weight excluding hydrogens is 246 g/mol. The lowest BCUT2D eigenvalue weighted by atomic mass is 10.0. The molecule has 2 unspecified atom stereocenters. The van der Waals surface area contributed by atoms with Crippen molar-refractivity contribution in [2.75, 3.05) is 0 Å². The molecule has 0 fully saturated rings. The first-order valence-corrected chi connectivity index (χ1v) is 5.11. The van der Waals surface area contributed by atoms with Gasteiger partial charge in [0.25, 0.3) is 0 Å². The van der Waals surface area contributed by atoms with Gasteiger partial charge in [0, 0.05) is 10.6 Å². The van der Waals surface area contributed by atoms with Gasteiger partial charge >= 0.3 is 5.97 Å². The van der Waals surface area contributed by atoms with Gasteiger partial charge < -0.3 is 15.3 Å². The van der Waals surface area contributed by atoms with Crippen molar-refractivity contribution in [2.24, 2.45) is 0 Å². The van der Waals surface area contributed by atoms with E-state index in [0.717, 1.165) is 0 Å². The van der Waals surface area contributed by atoms with E-state index in [1.165, 1.54) is 18.2 Å². The minimum atomic E-state index is -1.45. The minimum Gasteiger partial charge on any atom is -0.481 e. The van der Waals surface area contributed by atoms with Gasteiger partial charge in [-0.25, -0.2) is 0 Å². The molecule has 1 aromatic rings. The summed E-state index contributed by atoms with van der Waals surface area (Å²) in [5.74, 6) is -1.22. The van der Waals surface area contributed by atoms with Gasteiger partial charge in [0.2, 0.25) is 0 Å². The van der Waals surface area contributed by atoms with E-state index < -0.39 is 24.6 Å². The number of rotatable bonds is 4. The average molecular weight is 256 g/mol. The second-order valence-electron chi connectivity index (χ2n) is 3.46. The first-order chi connectivity index (χ1) is 7.95. The highest BCUT2D eigenvalue weighted by Crippen LogP contribution is 2.27. The van der Waals surface area contributed by atoms with E-state index in [-0.39, 0.29) is 10.6 Å². The molecule has 0 aromatic heterocycles. The van der Waals surface area contributed by atoms with Crippen LogP contribution in [0.5, 0.6) is 0 Å². The summed E-state index contributed by atoms with van der Waals surface area (Å²) >= 11 is 5.81. The Morgan fingerprint density at radius 3 is 2.59 bits per heavy atom. The van der Waals surface area contributed by atoms with Gasteiger partial charge in [-0.15, -0.1) is 0 Å². The van der Waals surface area contributed by atoms with Crippen LogP contribution in [-0.2, 0) is 4.79 Å². The normalized spacial score (nSPS) is 13.8. The SMILES string of the molecule is N#Cc1ccc(C(O)C(O)CC(=O)O)c(Cl)c1. The van der Waals surface area contributed by atoms with Crippen molar-refractivity contribution in [3.05, 3.63) is 34.3 Å². The Hall–Kier alpha value is -1.61. The Morgan fingerprint density at radius 1 is 1.47 bits per heavy atom. The van der Waals surface area contributed by atoms with E-state index in [4.69, 9.17) is 22.0 Å². The fourth-order valence-corrected chi connectivity index (χ4v) is 1.63. The van der Waals surface area contributed by atoms with Crippen LogP contribution in [0.15, 0.2) is 18.2 Å². The zero-order valence-electron chi connectivity index (χ0n) is 8.67. The molecule has 6 heteroatoms. The summed E-state index contributed by atoms with van der Waals surface area (Å²) in [4.78, 5) is 10.4. The maximum absolute atomic E-state index is 10.4. The second kappa shape index (κ2) is 5.64. The Labute approximate surface area is 102 Å². The monoisotopic (exact) mass is 255 g/mol. The van der Waals surface area contributed by atoms with Crippen LogP contribution in [0.4, 0.5) is 0 Å². The molecule has 0 bridgehead atoms. The third-order valence-electron chi connectivity index (χ3n) is 2.20. The molecule has 0 aliphatic rings. The number of nitriles is 1. The number of carboxylic acids is 1. The summed E-state index contributed by atoms with van der Waals surface area (Å²) in [5.41, 5.74) is 0.512. The van der Waals surface area contributed by atoms with E-state index >= 15 is 0 Å². The molecule has 2 atom stereocenters. The lowest BCUT2D eigenvalue weighted by Gasteiger charge is -2.17. The van der Waals surface area contributed by atoms with E-state index in [9.17, 15) is 15.0 Å². The summed E-state index contributed by atoms with van der Waals surface area (Å²) in [7, 11) is 0. The van der Waals surface area contributed by atoms with Crippen LogP contribution < -0.4 is 0 Å². The fraction of sp³-hybridized carbons (Fsp3) is 0.273. The summed E-state index contributed by atoms with van der Waals surface area (Å²) < 4.78 is 0. The average Bonchev–Trinajstić information content (AvgIpc) is 2.27. The summed E-state index contributed by atoms with van der Waals surface area (Å²) in [6.45, 7) is 0. The highest BCUT2D eigenvalue weighted by atomic mass is 35.5. The zero-order chi connectivity index (χ0) is 13.0. The third kappa shape index (κ3) is 3.43. The van der Waals surface area contributed by atoms with Crippen molar-refractivity contribution in [1.82, 2.24) is 0 Å². The van der Waals surface area contributed by atoms with Gasteiger partial charge in [-0.1, -0.05) is 17.7 Å². The molecule has 0 radical (unpaired) electrons. The van der Waals surface area contributed by atoms with Crippen molar-refractivity contribution in [3.8, 4) is 6.07 Å². The number of aliphatic hydroxyl groups is 2. The quantitative estimate of drug-likeness (QED) is 0.747. The fourth-order valence-electron chi connectivity index (χ4n) is 1.33. The number of benzene rings is 1. The number of halogens is 1. The molecular formula is C11H10ClNO4. The van der Waals surface area contributed by atoms with Crippen LogP contribution in [-0.4, -0.2) is 27.4 Å². The first-order valence-electron chi connectivity index (χ1n) is 4.73. The second-order valence-corrected chi connectivity index (χ2v) is 3.87. The zero-order valence-corrected chi connectivity index (χ0v) is 9.42. The number of aliphatic hydroxyl groups excluding tert-OH is 2. The number of nitrogens with zero attached hydrogens (tertiary/aromatic N) is 1. The summed E-state index contributed by atoms with van der Waals surface area (Å²) in [5, 5.41) is 36.4. The van der Waals surface area contributed by atoms with Crippen LogP contribution in [0.25, 0.3) is 0 Å². The van der Waals surface area contributed by atoms with Crippen LogP contribution >= 0.6 is 11.6 Å². The molecule has 0 saturated heterocycles. The van der Waals surface area contributed by atoms with Gasteiger partial charge in [-0.3, -0.25) is 4.79 Å². The topological polar surface area (TPSA) is 102 Å². The van der Waals surface area contributed by atoms with Gasteiger partial charge in [-0.05, 0) is 12.1 Å². The molecule has 0 amide bonds. The summed E-state index contributed by atoms with van der Waals surface area (Å²) in [6.07, 6.45) is -3.43. The summed E-state index contributed by atoms with van der Waals surface area (Å²) in [6, 6.07) is 6.03. The Bertz CT molecular complexity index is 469. The van der Waals surface area contributed by atoms with Crippen molar-refractivity contribution in [2.45, 2.75) is 18.6 Å². The predicted octanol–water partition coefficient (Wildman–Crippen LogP) is 1.08. The molecule has 1 rings (SSSR count). The third-order valence-corrected chi connectivity index (χ3v) is 2.52. The Balaban J connectivity index is 2.93. The largest absolute Gasteiger partial charge is 0.481 e. The predicted molar refractivity (Wildman–Crippen MR) is 59.4 cm³/mol. The molecule has 0 saturated carbocycles. The van der Waals surface area contributed by atoms with Crippen molar-refractivity contribution in [3.63, 3.8) is 0 Å². The Kier molecular flexibility index (Phi) is 4.46. The molecule has 5 nitrogen and oxygen atoms in total. The molecule has 17 heavy (non-hydrogen) atoms. The van der Waals surface area contributed by atoms with Gasteiger partial charge in [0.15, 0.2) is 0 Å². The molecule has 3 N–H and O–H groups in total. The van der Waals surface area contributed by atoms with Crippen LogP contribution in [0.3, 0.4) is 0 Å². The minimum absolute atomic E-state index is 0.112. The smallest absolute Gasteiger partial charge is 0.306 e. The standard InChI is InChI=1S/C11H10ClNO4/c12-8-3-6(5-13)1-2-7(8)11(17)9(14)4-10(15)16/h1-3,9,11,14,17H,4H2,(H,15,16). The van der Waals surface area contributed by atoms with Gasteiger partial charge in [0.05, 0.1) is 24.2 Å². The molecule has 0 spiro atoms. The van der Waals surface area contributed by atoms with Gasteiger partial charge in [0.1, 0.15) is 6.10 Å². The Morgan fingerprint density at radius 2 is 2.12 bits per heavy atom. The van der Waals surface area contributed by atoms with E-state index in [0.29, 0.717) is 5.56 Å². The maximum Gasteiger partial charge on any atom is 0.306 e. The highest BCUT2D eigenvalue weighted by molar-refractivity contribution is 6.31. The van der Waals surface area contributed by atoms with E-state index in [1.807, 2.05) is 6.07 Å².